The first-order valence-corrected chi connectivity index (χ1v) is 4.22. The minimum Gasteiger partial charge on any atom is -0.451 e. The van der Waals surface area contributed by atoms with Gasteiger partial charge in [-0.3, -0.25) is 9.63 Å². The van der Waals surface area contributed by atoms with Gasteiger partial charge in [-0.05, 0) is 13.8 Å². The van der Waals surface area contributed by atoms with E-state index in [0.29, 0.717) is 0 Å². The second-order valence-electron chi connectivity index (χ2n) is 2.79. The Morgan fingerprint density at radius 1 is 1.00 bits per heavy atom. The average Bonchev–Trinajstić information content (AvgIpc) is 2.15. The normalized spacial score (nSPS) is 13.6. The zero-order chi connectivity index (χ0) is 12.0. The van der Waals surface area contributed by atoms with Gasteiger partial charge in [0, 0.05) is 6.92 Å². The van der Waals surface area contributed by atoms with Gasteiger partial charge < -0.3 is 9.47 Å². The number of hydrogen-bond donors (Lipinski definition) is 1. The van der Waals surface area contributed by atoms with Crippen LogP contribution in [0.25, 0.3) is 0 Å². The van der Waals surface area contributed by atoms with Gasteiger partial charge >= 0.3 is 17.9 Å². The molecule has 7 nitrogen and oxygen atoms in total. The Hall–Kier alpha value is -1.63. The van der Waals surface area contributed by atoms with E-state index in [4.69, 9.17) is 0 Å². The quantitative estimate of drug-likeness (QED) is 0.459. The third-order valence-electron chi connectivity index (χ3n) is 1.44. The Morgan fingerprint density at radius 2 is 1.47 bits per heavy atom. The predicted molar refractivity (Wildman–Crippen MR) is 45.8 cm³/mol. The summed E-state index contributed by atoms with van der Waals surface area (Å²) in [6.45, 7) is 3.83. The van der Waals surface area contributed by atoms with Gasteiger partial charge in [0.2, 0.25) is 6.10 Å². The van der Waals surface area contributed by atoms with Crippen molar-refractivity contribution >= 4 is 17.9 Å². The van der Waals surface area contributed by atoms with Crippen LogP contribution in [0.4, 0.5) is 0 Å². The second-order valence-corrected chi connectivity index (χ2v) is 2.79. The van der Waals surface area contributed by atoms with Crippen LogP contribution in [0.15, 0.2) is 0 Å². The molecule has 0 bridgehead atoms. The molecule has 0 aromatic rings. The van der Waals surface area contributed by atoms with Crippen LogP contribution in [-0.4, -0.2) is 30.1 Å². The van der Waals surface area contributed by atoms with Crippen LogP contribution in [-0.2, 0) is 28.7 Å². The number of carbonyl (C=O) groups is 3. The van der Waals surface area contributed by atoms with Crippen molar-refractivity contribution in [2.24, 2.45) is 0 Å². The monoisotopic (exact) mass is 220 g/mol. The molecule has 0 aliphatic rings. The average molecular weight is 220 g/mol. The second kappa shape index (κ2) is 5.97. The summed E-state index contributed by atoms with van der Waals surface area (Å²) in [5.74, 6) is 0.680. The molecule has 0 heterocycles. The number of carbonyl (C=O) groups excluding carboxylic acids is 3. The number of quaternary nitrogens is 1. The fourth-order valence-corrected chi connectivity index (χ4v) is 0.733. The summed E-state index contributed by atoms with van der Waals surface area (Å²) in [5.41, 5.74) is 0. The molecule has 0 rings (SSSR count). The van der Waals surface area contributed by atoms with E-state index in [1.807, 2.05) is 0 Å². The molecule has 0 amide bonds. The summed E-state index contributed by atoms with van der Waals surface area (Å²) in [6, 6.07) is 0. The summed E-state index contributed by atoms with van der Waals surface area (Å²) in [5, 5.41) is 0. The first-order chi connectivity index (χ1) is 6.88. The van der Waals surface area contributed by atoms with Crippen molar-refractivity contribution in [3.63, 3.8) is 0 Å². The molecular weight excluding hydrogens is 206 g/mol. The fourth-order valence-electron chi connectivity index (χ4n) is 0.733. The maximum atomic E-state index is 11.2. The van der Waals surface area contributed by atoms with Gasteiger partial charge in [-0.2, -0.15) is 5.90 Å². The number of ether oxygens (including phenoxy) is 2. The van der Waals surface area contributed by atoms with Crippen LogP contribution >= 0.6 is 0 Å². The summed E-state index contributed by atoms with van der Waals surface area (Å²) in [4.78, 5) is 36.6. The van der Waals surface area contributed by atoms with Crippen LogP contribution in [0.2, 0.25) is 0 Å². The number of rotatable bonds is 4. The maximum Gasteiger partial charge on any atom is 0.406 e. The van der Waals surface area contributed by atoms with Crippen molar-refractivity contribution in [3.8, 4) is 0 Å². The Bertz CT molecular complexity index is 264. The topological polar surface area (TPSA) is 107 Å². The minimum absolute atomic E-state index is 0.605. The lowest BCUT2D eigenvalue weighted by Gasteiger charge is -2.13. The zero-order valence-corrected chi connectivity index (χ0v) is 8.81. The Balaban J connectivity index is 4.12. The Morgan fingerprint density at radius 3 is 1.87 bits per heavy atom. The lowest BCUT2D eigenvalue weighted by atomic mass is 10.4. The van der Waals surface area contributed by atoms with Crippen LogP contribution in [0.1, 0.15) is 20.8 Å². The van der Waals surface area contributed by atoms with Crippen molar-refractivity contribution in [2.45, 2.75) is 33.0 Å². The molecule has 0 aromatic heterocycles. The highest BCUT2D eigenvalue weighted by atomic mass is 16.7. The maximum absolute atomic E-state index is 11.2. The smallest absolute Gasteiger partial charge is 0.406 e. The minimum atomic E-state index is -1.08. The van der Waals surface area contributed by atoms with Crippen molar-refractivity contribution in [1.29, 1.82) is 0 Å². The van der Waals surface area contributed by atoms with Crippen molar-refractivity contribution in [1.82, 2.24) is 0 Å². The SMILES string of the molecule is CC(=O)OC(C)C(=O)OC(C)C(=O)O[NH3+]. The van der Waals surface area contributed by atoms with Gasteiger partial charge in [0.1, 0.15) is 0 Å². The van der Waals surface area contributed by atoms with Gasteiger partial charge in [-0.1, -0.05) is 0 Å². The Kier molecular flexibility index (Phi) is 5.32. The van der Waals surface area contributed by atoms with Crippen LogP contribution in [0.3, 0.4) is 0 Å². The summed E-state index contributed by atoms with van der Waals surface area (Å²) in [6.07, 6.45) is -2.13. The summed E-state index contributed by atoms with van der Waals surface area (Å²) >= 11 is 0. The predicted octanol–water partition coefficient (Wildman–Crippen LogP) is -1.43. The van der Waals surface area contributed by atoms with E-state index in [-0.39, 0.29) is 0 Å². The highest BCUT2D eigenvalue weighted by Crippen LogP contribution is 2.00. The largest absolute Gasteiger partial charge is 0.451 e. The molecule has 7 heteroatoms. The molecule has 0 spiro atoms. The lowest BCUT2D eigenvalue weighted by molar-refractivity contribution is -0.658. The zero-order valence-electron chi connectivity index (χ0n) is 8.81. The van der Waals surface area contributed by atoms with Crippen molar-refractivity contribution in [3.05, 3.63) is 0 Å². The first kappa shape index (κ1) is 13.4. The van der Waals surface area contributed by atoms with Crippen LogP contribution in [0.5, 0.6) is 0 Å². The third-order valence-corrected chi connectivity index (χ3v) is 1.44. The molecule has 0 aliphatic carbocycles. The molecule has 86 valence electrons. The van der Waals surface area contributed by atoms with E-state index >= 15 is 0 Å². The molecule has 15 heavy (non-hydrogen) atoms. The molecule has 2 unspecified atom stereocenters. The van der Waals surface area contributed by atoms with E-state index in [0.717, 1.165) is 6.92 Å². The van der Waals surface area contributed by atoms with E-state index in [9.17, 15) is 14.4 Å². The first-order valence-electron chi connectivity index (χ1n) is 4.22. The standard InChI is InChI=1S/C8H14NO6/c1-4(13-6(3)10)7(11)14-5(2)8(12)15-9/h4-5H,1-3,9H3/q+1. The van der Waals surface area contributed by atoms with Gasteiger partial charge in [0.05, 0.1) is 0 Å². The van der Waals surface area contributed by atoms with E-state index in [2.05, 4.69) is 20.2 Å². The molecule has 3 N–H and O–H groups in total. The van der Waals surface area contributed by atoms with E-state index < -0.39 is 30.1 Å². The molecule has 0 aromatic carbocycles. The number of hydrogen-bond acceptors (Lipinski definition) is 6. The number of esters is 2. The van der Waals surface area contributed by atoms with Gasteiger partial charge in [0.25, 0.3) is 0 Å². The van der Waals surface area contributed by atoms with E-state index in [1.54, 1.807) is 0 Å². The van der Waals surface area contributed by atoms with Crippen molar-refractivity contribution in [2.75, 3.05) is 0 Å². The molecule has 0 saturated heterocycles. The van der Waals surface area contributed by atoms with Gasteiger partial charge in [0.15, 0.2) is 6.10 Å². The molecule has 0 aliphatic heterocycles. The van der Waals surface area contributed by atoms with E-state index in [1.165, 1.54) is 13.8 Å². The van der Waals surface area contributed by atoms with Crippen LogP contribution < -0.4 is 5.90 Å². The third kappa shape index (κ3) is 4.96. The van der Waals surface area contributed by atoms with Crippen molar-refractivity contribution < 1.29 is 34.6 Å². The highest BCUT2D eigenvalue weighted by Gasteiger charge is 2.25. The lowest BCUT2D eigenvalue weighted by Crippen LogP contribution is -2.53. The fraction of sp³-hybridized carbons (Fsp3) is 0.625. The highest BCUT2D eigenvalue weighted by molar-refractivity contribution is 5.82. The summed E-state index contributed by atoms with van der Waals surface area (Å²) in [7, 11) is 0. The summed E-state index contributed by atoms with van der Waals surface area (Å²) < 4.78 is 9.18. The van der Waals surface area contributed by atoms with Crippen LogP contribution in [0, 0.1) is 0 Å². The Labute approximate surface area is 86.4 Å². The molecular formula is C8H14NO6+. The molecule has 0 radical (unpaired) electrons. The van der Waals surface area contributed by atoms with Gasteiger partial charge in [-0.15, -0.1) is 0 Å². The molecule has 2 atom stereocenters. The van der Waals surface area contributed by atoms with Gasteiger partial charge in [-0.25, -0.2) is 9.59 Å². The molecule has 0 fully saturated rings. The molecule has 0 saturated carbocycles.